The number of nitrogens with one attached hydrogen (secondary N) is 1. The van der Waals surface area contributed by atoms with Gasteiger partial charge in [0.25, 0.3) is 5.91 Å². The highest BCUT2D eigenvalue weighted by Gasteiger charge is 2.09. The summed E-state index contributed by atoms with van der Waals surface area (Å²) in [6, 6.07) is 6.94. The lowest BCUT2D eigenvalue weighted by molar-refractivity contribution is -0.131. The molecule has 1 amide bonds. The van der Waals surface area contributed by atoms with Crippen molar-refractivity contribution in [3.63, 3.8) is 0 Å². The number of rotatable bonds is 4. The molecule has 0 aliphatic heterocycles. The molecular formula is C14H12N2O3S. The molecule has 0 spiro atoms. The number of aryl methyl sites for hydroxylation is 1. The highest BCUT2D eigenvalue weighted by Crippen LogP contribution is 2.16. The SMILES string of the molecule is Cc1ncc(C(=O)Nc2cccc(/C=C/C(=O)O)c2)s1. The maximum atomic E-state index is 12.0. The third-order valence-electron chi connectivity index (χ3n) is 2.41. The molecule has 0 atom stereocenters. The standard InChI is InChI=1S/C14H12N2O3S/c1-9-15-8-12(20-9)14(19)16-11-4-2-3-10(7-11)5-6-13(17)18/h2-8H,1H3,(H,16,19)(H,17,18)/b6-5+. The van der Waals surface area contributed by atoms with Gasteiger partial charge in [0, 0.05) is 11.8 Å². The Bertz CT molecular complexity index is 677. The van der Waals surface area contributed by atoms with Crippen LogP contribution in [0.5, 0.6) is 0 Å². The van der Waals surface area contributed by atoms with E-state index in [0.717, 1.165) is 11.1 Å². The van der Waals surface area contributed by atoms with Gasteiger partial charge in [-0.25, -0.2) is 9.78 Å². The van der Waals surface area contributed by atoms with E-state index in [4.69, 9.17) is 5.11 Å². The Morgan fingerprint density at radius 1 is 1.40 bits per heavy atom. The van der Waals surface area contributed by atoms with Gasteiger partial charge in [0.15, 0.2) is 0 Å². The second-order valence-corrected chi connectivity index (χ2v) is 5.23. The lowest BCUT2D eigenvalue weighted by Gasteiger charge is -2.04. The fourth-order valence-electron chi connectivity index (χ4n) is 1.55. The van der Waals surface area contributed by atoms with Crippen LogP contribution in [0, 0.1) is 6.92 Å². The molecule has 102 valence electrons. The number of carbonyl (C=O) groups is 2. The van der Waals surface area contributed by atoms with Crippen LogP contribution in [0.3, 0.4) is 0 Å². The summed E-state index contributed by atoms with van der Waals surface area (Å²) in [5, 5.41) is 12.2. The van der Waals surface area contributed by atoms with Gasteiger partial charge < -0.3 is 10.4 Å². The molecule has 5 nitrogen and oxygen atoms in total. The zero-order chi connectivity index (χ0) is 14.5. The third kappa shape index (κ3) is 3.76. The van der Waals surface area contributed by atoms with Crippen molar-refractivity contribution in [1.29, 1.82) is 0 Å². The molecule has 1 aromatic heterocycles. The summed E-state index contributed by atoms with van der Waals surface area (Å²) in [6.07, 6.45) is 4.05. The van der Waals surface area contributed by atoms with E-state index >= 15 is 0 Å². The molecule has 0 saturated heterocycles. The predicted octanol–water partition coefficient (Wildman–Crippen LogP) is 2.80. The Hall–Kier alpha value is -2.47. The first kappa shape index (κ1) is 14.0. The summed E-state index contributed by atoms with van der Waals surface area (Å²) in [4.78, 5) is 27.0. The van der Waals surface area contributed by atoms with Gasteiger partial charge in [0.05, 0.1) is 11.2 Å². The Kier molecular flexibility index (Phi) is 4.27. The van der Waals surface area contributed by atoms with E-state index < -0.39 is 5.97 Å². The number of thiazole rings is 1. The van der Waals surface area contributed by atoms with E-state index in [2.05, 4.69) is 10.3 Å². The normalized spacial score (nSPS) is 10.7. The number of hydrogen-bond donors (Lipinski definition) is 2. The summed E-state index contributed by atoms with van der Waals surface area (Å²) in [7, 11) is 0. The lowest BCUT2D eigenvalue weighted by atomic mass is 10.2. The number of aliphatic carboxylic acids is 1. The number of anilines is 1. The number of nitrogens with zero attached hydrogens (tertiary/aromatic N) is 1. The van der Waals surface area contributed by atoms with Crippen LogP contribution in [0.25, 0.3) is 6.08 Å². The molecular weight excluding hydrogens is 276 g/mol. The van der Waals surface area contributed by atoms with Gasteiger partial charge >= 0.3 is 5.97 Å². The van der Waals surface area contributed by atoms with Crippen LogP contribution >= 0.6 is 11.3 Å². The molecule has 2 aromatic rings. The predicted molar refractivity (Wildman–Crippen MR) is 77.9 cm³/mol. The highest BCUT2D eigenvalue weighted by molar-refractivity contribution is 7.13. The minimum absolute atomic E-state index is 0.227. The van der Waals surface area contributed by atoms with Crippen LogP contribution in [-0.4, -0.2) is 22.0 Å². The molecule has 0 aliphatic carbocycles. The van der Waals surface area contributed by atoms with Gasteiger partial charge in [0.1, 0.15) is 4.88 Å². The summed E-state index contributed by atoms with van der Waals surface area (Å²) >= 11 is 1.32. The monoisotopic (exact) mass is 288 g/mol. The molecule has 2 rings (SSSR count). The molecule has 6 heteroatoms. The van der Waals surface area contributed by atoms with Crippen molar-refractivity contribution in [2.24, 2.45) is 0 Å². The van der Waals surface area contributed by atoms with Crippen LogP contribution in [0.1, 0.15) is 20.2 Å². The Labute approximate surface area is 119 Å². The average molecular weight is 288 g/mol. The largest absolute Gasteiger partial charge is 0.478 e. The summed E-state index contributed by atoms with van der Waals surface area (Å²) < 4.78 is 0. The van der Waals surface area contributed by atoms with Gasteiger partial charge in [-0.3, -0.25) is 4.79 Å². The topological polar surface area (TPSA) is 79.3 Å². The maximum Gasteiger partial charge on any atom is 0.328 e. The summed E-state index contributed by atoms with van der Waals surface area (Å²) in [5.41, 5.74) is 1.30. The summed E-state index contributed by atoms with van der Waals surface area (Å²) in [6.45, 7) is 1.83. The van der Waals surface area contributed by atoms with E-state index in [0.29, 0.717) is 16.1 Å². The Balaban J connectivity index is 2.11. The Morgan fingerprint density at radius 3 is 2.85 bits per heavy atom. The molecule has 0 bridgehead atoms. The number of carbonyl (C=O) groups excluding carboxylic acids is 1. The zero-order valence-electron chi connectivity index (χ0n) is 10.7. The van der Waals surface area contributed by atoms with Gasteiger partial charge in [0.2, 0.25) is 0 Å². The van der Waals surface area contributed by atoms with Crippen molar-refractivity contribution in [2.75, 3.05) is 5.32 Å². The molecule has 20 heavy (non-hydrogen) atoms. The molecule has 0 unspecified atom stereocenters. The van der Waals surface area contributed by atoms with E-state index in [1.165, 1.54) is 23.6 Å². The average Bonchev–Trinajstić information content (AvgIpc) is 2.84. The molecule has 2 N–H and O–H groups in total. The maximum absolute atomic E-state index is 12.0. The van der Waals surface area contributed by atoms with Crippen LogP contribution in [0.4, 0.5) is 5.69 Å². The molecule has 1 aromatic carbocycles. The number of carboxylic acids is 1. The number of carboxylic acid groups (broad SMARTS) is 1. The quantitative estimate of drug-likeness (QED) is 0.848. The first-order valence-corrected chi connectivity index (χ1v) is 6.61. The van der Waals surface area contributed by atoms with Crippen molar-refractivity contribution >= 4 is 35.0 Å². The van der Waals surface area contributed by atoms with Gasteiger partial charge in [-0.2, -0.15) is 0 Å². The minimum atomic E-state index is -1.01. The van der Waals surface area contributed by atoms with Crippen LogP contribution in [0.2, 0.25) is 0 Å². The zero-order valence-corrected chi connectivity index (χ0v) is 11.5. The van der Waals surface area contributed by atoms with E-state index in [1.807, 2.05) is 6.92 Å². The van der Waals surface area contributed by atoms with Crippen LogP contribution in [-0.2, 0) is 4.79 Å². The van der Waals surface area contributed by atoms with Crippen LogP contribution < -0.4 is 5.32 Å². The molecule has 0 radical (unpaired) electrons. The molecule has 0 aliphatic rings. The first-order valence-electron chi connectivity index (χ1n) is 5.79. The number of benzene rings is 1. The van der Waals surface area contributed by atoms with Crippen molar-refractivity contribution in [3.05, 3.63) is 52.0 Å². The number of aromatic nitrogens is 1. The second-order valence-electron chi connectivity index (χ2n) is 3.99. The number of amides is 1. The highest BCUT2D eigenvalue weighted by atomic mass is 32.1. The van der Waals surface area contributed by atoms with Gasteiger partial charge in [-0.05, 0) is 30.7 Å². The molecule has 0 fully saturated rings. The Morgan fingerprint density at radius 2 is 2.20 bits per heavy atom. The van der Waals surface area contributed by atoms with Crippen molar-refractivity contribution in [3.8, 4) is 0 Å². The van der Waals surface area contributed by atoms with Crippen LogP contribution in [0.15, 0.2) is 36.5 Å². The number of hydrogen-bond acceptors (Lipinski definition) is 4. The fourth-order valence-corrected chi connectivity index (χ4v) is 2.22. The molecule has 1 heterocycles. The van der Waals surface area contributed by atoms with E-state index in [-0.39, 0.29) is 5.91 Å². The molecule has 0 saturated carbocycles. The van der Waals surface area contributed by atoms with Crippen molar-refractivity contribution < 1.29 is 14.7 Å². The van der Waals surface area contributed by atoms with Gasteiger partial charge in [-0.15, -0.1) is 11.3 Å². The van der Waals surface area contributed by atoms with Gasteiger partial charge in [-0.1, -0.05) is 12.1 Å². The summed E-state index contributed by atoms with van der Waals surface area (Å²) in [5.74, 6) is -1.24. The smallest absolute Gasteiger partial charge is 0.328 e. The third-order valence-corrected chi connectivity index (χ3v) is 3.32. The van der Waals surface area contributed by atoms with E-state index in [1.54, 1.807) is 24.3 Å². The lowest BCUT2D eigenvalue weighted by Crippen LogP contribution is -2.10. The van der Waals surface area contributed by atoms with E-state index in [9.17, 15) is 9.59 Å². The second kappa shape index (κ2) is 6.12. The van der Waals surface area contributed by atoms with Crippen molar-refractivity contribution in [1.82, 2.24) is 4.98 Å². The minimum Gasteiger partial charge on any atom is -0.478 e. The van der Waals surface area contributed by atoms with Crippen molar-refractivity contribution in [2.45, 2.75) is 6.92 Å². The first-order chi connectivity index (χ1) is 9.54. The fraction of sp³-hybridized carbons (Fsp3) is 0.0714.